The van der Waals surface area contributed by atoms with Crippen molar-refractivity contribution in [3.8, 4) is 5.75 Å². The molecule has 5 nitrogen and oxygen atoms in total. The van der Waals surface area contributed by atoms with Crippen molar-refractivity contribution in [2.24, 2.45) is 0 Å². The molecule has 1 aliphatic heterocycles. The van der Waals surface area contributed by atoms with Crippen molar-refractivity contribution in [3.05, 3.63) is 29.8 Å². The molecule has 20 heavy (non-hydrogen) atoms. The highest BCUT2D eigenvalue weighted by atomic mass is 16.5. The van der Waals surface area contributed by atoms with E-state index in [0.717, 1.165) is 17.7 Å². The van der Waals surface area contributed by atoms with Crippen LogP contribution >= 0.6 is 0 Å². The zero-order valence-electron chi connectivity index (χ0n) is 11.9. The van der Waals surface area contributed by atoms with E-state index in [-0.39, 0.29) is 6.04 Å². The van der Waals surface area contributed by atoms with Gasteiger partial charge in [-0.05, 0) is 25.0 Å². The molecule has 1 heterocycles. The van der Waals surface area contributed by atoms with Crippen molar-refractivity contribution in [2.45, 2.75) is 37.7 Å². The molecule has 1 aliphatic rings. The molecule has 4 atom stereocenters. The fourth-order valence-electron chi connectivity index (χ4n) is 2.71. The van der Waals surface area contributed by atoms with Gasteiger partial charge in [-0.2, -0.15) is 0 Å². The van der Waals surface area contributed by atoms with E-state index in [1.807, 2.05) is 36.1 Å². The monoisotopic (exact) mass is 281 g/mol. The summed E-state index contributed by atoms with van der Waals surface area (Å²) in [4.78, 5) is 1.99. The second-order valence-corrected chi connectivity index (χ2v) is 5.35. The van der Waals surface area contributed by atoms with Gasteiger partial charge in [-0.15, -0.1) is 0 Å². The fourth-order valence-corrected chi connectivity index (χ4v) is 2.71. The van der Waals surface area contributed by atoms with Gasteiger partial charge in [0.2, 0.25) is 0 Å². The SMILES string of the molecule is COc1ccccc1CCN1C[C@H](O)[C@@H](O)[C@H](O)[C@H]1C. The molecule has 0 aliphatic carbocycles. The van der Waals surface area contributed by atoms with E-state index in [2.05, 4.69) is 0 Å². The van der Waals surface area contributed by atoms with E-state index >= 15 is 0 Å². The van der Waals surface area contributed by atoms with Crippen LogP contribution < -0.4 is 4.74 Å². The molecule has 0 saturated carbocycles. The van der Waals surface area contributed by atoms with Gasteiger partial charge in [-0.1, -0.05) is 18.2 Å². The molecular formula is C15H23NO4. The average molecular weight is 281 g/mol. The smallest absolute Gasteiger partial charge is 0.122 e. The van der Waals surface area contributed by atoms with E-state index in [1.54, 1.807) is 7.11 Å². The summed E-state index contributed by atoms with van der Waals surface area (Å²) in [5.74, 6) is 0.846. The maximum absolute atomic E-state index is 9.91. The zero-order chi connectivity index (χ0) is 14.7. The van der Waals surface area contributed by atoms with Gasteiger partial charge in [0.05, 0.1) is 19.3 Å². The zero-order valence-corrected chi connectivity index (χ0v) is 11.9. The highest BCUT2D eigenvalue weighted by Gasteiger charge is 2.38. The first-order valence-corrected chi connectivity index (χ1v) is 6.94. The molecule has 0 aromatic heterocycles. The number of hydrogen-bond donors (Lipinski definition) is 3. The van der Waals surface area contributed by atoms with E-state index in [4.69, 9.17) is 4.74 Å². The third kappa shape index (κ3) is 3.12. The number of aliphatic hydroxyl groups excluding tert-OH is 3. The summed E-state index contributed by atoms with van der Waals surface area (Å²) in [5.41, 5.74) is 1.09. The quantitative estimate of drug-likeness (QED) is 0.726. The number of para-hydroxylation sites is 1. The van der Waals surface area contributed by atoms with E-state index in [1.165, 1.54) is 0 Å². The first-order chi connectivity index (χ1) is 9.54. The second-order valence-electron chi connectivity index (χ2n) is 5.35. The Bertz CT molecular complexity index is 440. The van der Waals surface area contributed by atoms with Crippen molar-refractivity contribution >= 4 is 0 Å². The molecule has 0 spiro atoms. The number of nitrogens with zero attached hydrogens (tertiary/aromatic N) is 1. The number of methoxy groups -OCH3 is 1. The molecule has 2 rings (SSSR count). The molecule has 3 N–H and O–H groups in total. The lowest BCUT2D eigenvalue weighted by molar-refractivity contribution is -0.132. The molecule has 1 aromatic carbocycles. The molecule has 1 fully saturated rings. The normalized spacial score (nSPS) is 31.2. The third-order valence-electron chi connectivity index (χ3n) is 4.10. The molecular weight excluding hydrogens is 258 g/mol. The van der Waals surface area contributed by atoms with Gasteiger partial charge in [-0.25, -0.2) is 0 Å². The second kappa shape index (κ2) is 6.54. The number of hydrogen-bond acceptors (Lipinski definition) is 5. The van der Waals surface area contributed by atoms with Gasteiger partial charge in [0, 0.05) is 19.1 Å². The molecule has 0 radical (unpaired) electrons. The Morgan fingerprint density at radius 2 is 1.90 bits per heavy atom. The van der Waals surface area contributed by atoms with Gasteiger partial charge < -0.3 is 20.1 Å². The predicted octanol–water partition coefficient (Wildman–Crippen LogP) is 0.0245. The number of rotatable bonds is 4. The Hall–Kier alpha value is -1.14. The summed E-state index contributed by atoms with van der Waals surface area (Å²) in [6.45, 7) is 2.93. The van der Waals surface area contributed by atoms with Crippen molar-refractivity contribution in [1.82, 2.24) is 4.90 Å². The summed E-state index contributed by atoms with van der Waals surface area (Å²) in [5, 5.41) is 29.3. The lowest BCUT2D eigenvalue weighted by Gasteiger charge is -2.42. The third-order valence-corrected chi connectivity index (χ3v) is 4.10. The van der Waals surface area contributed by atoms with Crippen LogP contribution in [-0.4, -0.2) is 64.8 Å². The first kappa shape index (κ1) is 15.3. The van der Waals surface area contributed by atoms with Crippen molar-refractivity contribution in [1.29, 1.82) is 0 Å². The highest BCUT2D eigenvalue weighted by molar-refractivity contribution is 5.33. The van der Waals surface area contributed by atoms with E-state index in [0.29, 0.717) is 13.1 Å². The van der Waals surface area contributed by atoms with Gasteiger partial charge in [0.15, 0.2) is 0 Å². The largest absolute Gasteiger partial charge is 0.496 e. The van der Waals surface area contributed by atoms with Gasteiger partial charge in [0.1, 0.15) is 11.9 Å². The number of ether oxygens (including phenoxy) is 1. The summed E-state index contributed by atoms with van der Waals surface area (Å²) in [6.07, 6.45) is -2.12. The van der Waals surface area contributed by atoms with Crippen LogP contribution in [0.2, 0.25) is 0 Å². The Kier molecular flexibility index (Phi) is 4.99. The number of piperidine rings is 1. The minimum atomic E-state index is -1.06. The van der Waals surface area contributed by atoms with Crippen molar-refractivity contribution in [2.75, 3.05) is 20.2 Å². The van der Waals surface area contributed by atoms with Crippen LogP contribution in [0.5, 0.6) is 5.75 Å². The van der Waals surface area contributed by atoms with Gasteiger partial charge >= 0.3 is 0 Å². The van der Waals surface area contributed by atoms with Crippen LogP contribution in [0.1, 0.15) is 12.5 Å². The maximum atomic E-state index is 9.91. The fraction of sp³-hybridized carbons (Fsp3) is 0.600. The van der Waals surface area contributed by atoms with Crippen LogP contribution in [0.25, 0.3) is 0 Å². The van der Waals surface area contributed by atoms with Crippen LogP contribution in [0.3, 0.4) is 0 Å². The minimum Gasteiger partial charge on any atom is -0.496 e. The predicted molar refractivity (Wildman–Crippen MR) is 75.8 cm³/mol. The van der Waals surface area contributed by atoms with Crippen molar-refractivity contribution < 1.29 is 20.1 Å². The molecule has 0 bridgehead atoms. The van der Waals surface area contributed by atoms with Crippen LogP contribution in [0.4, 0.5) is 0 Å². The number of β-amino-alcohol motifs (C(OH)–C–C–N with tert-alkyl or cyclic N) is 1. The lowest BCUT2D eigenvalue weighted by Crippen LogP contribution is -2.60. The molecule has 1 aromatic rings. The van der Waals surface area contributed by atoms with Crippen LogP contribution in [0, 0.1) is 0 Å². The molecule has 0 unspecified atom stereocenters. The standard InChI is InChI=1S/C15H23NO4/c1-10-14(18)15(19)12(17)9-16(10)8-7-11-5-3-4-6-13(11)20-2/h3-6,10,12,14-15,17-19H,7-9H2,1-2H3/t10-,12+,14-,15-/m1/s1. The maximum Gasteiger partial charge on any atom is 0.122 e. The minimum absolute atomic E-state index is 0.178. The first-order valence-electron chi connectivity index (χ1n) is 6.94. The Balaban J connectivity index is 2.00. The average Bonchev–Trinajstić information content (AvgIpc) is 2.47. The number of benzene rings is 1. The van der Waals surface area contributed by atoms with E-state index in [9.17, 15) is 15.3 Å². The van der Waals surface area contributed by atoms with Gasteiger partial charge in [-0.3, -0.25) is 4.90 Å². The Morgan fingerprint density at radius 3 is 2.60 bits per heavy atom. The molecule has 0 amide bonds. The highest BCUT2D eigenvalue weighted by Crippen LogP contribution is 2.22. The summed E-state index contributed by atoms with van der Waals surface area (Å²) < 4.78 is 5.31. The lowest BCUT2D eigenvalue weighted by atomic mass is 9.94. The summed E-state index contributed by atoms with van der Waals surface area (Å²) >= 11 is 0. The molecule has 5 heteroatoms. The van der Waals surface area contributed by atoms with Crippen molar-refractivity contribution in [3.63, 3.8) is 0 Å². The molecule has 1 saturated heterocycles. The summed E-state index contributed by atoms with van der Waals surface area (Å²) in [7, 11) is 1.65. The van der Waals surface area contributed by atoms with Crippen LogP contribution in [0.15, 0.2) is 24.3 Å². The number of aliphatic hydroxyl groups is 3. The topological polar surface area (TPSA) is 73.2 Å². The van der Waals surface area contributed by atoms with E-state index < -0.39 is 18.3 Å². The van der Waals surface area contributed by atoms with Crippen LogP contribution in [-0.2, 0) is 6.42 Å². The van der Waals surface area contributed by atoms with Gasteiger partial charge in [0.25, 0.3) is 0 Å². The Morgan fingerprint density at radius 1 is 1.20 bits per heavy atom. The summed E-state index contributed by atoms with van der Waals surface area (Å²) in [6, 6.07) is 7.64. The number of likely N-dealkylation sites (tertiary alicyclic amines) is 1. The molecule has 112 valence electrons. The Labute approximate surface area is 119 Å².